The summed E-state index contributed by atoms with van der Waals surface area (Å²) in [5, 5.41) is 1.99. The van der Waals surface area contributed by atoms with E-state index in [0.29, 0.717) is 0 Å². The molecule has 1 aromatic heterocycles. The molecule has 0 saturated heterocycles. The molecule has 0 unspecified atom stereocenters. The number of halogens is 2. The molecule has 1 aromatic carbocycles. The monoisotopic (exact) mass is 355 g/mol. The van der Waals surface area contributed by atoms with E-state index in [-0.39, 0.29) is 0 Å². The van der Waals surface area contributed by atoms with Crippen molar-refractivity contribution in [2.24, 2.45) is 0 Å². The van der Waals surface area contributed by atoms with Gasteiger partial charge in [-0.1, -0.05) is 42.0 Å². The number of hydrogen-bond donors (Lipinski definition) is 0. The number of fused-ring (bicyclic) bond motifs is 1. The van der Waals surface area contributed by atoms with Crippen molar-refractivity contribution in [2.75, 3.05) is 0 Å². The maximum absolute atomic E-state index is 6.39. The number of aromatic nitrogens is 1. The first-order valence-corrected chi connectivity index (χ1v) is 7.05. The van der Waals surface area contributed by atoms with Crippen LogP contribution in [0.4, 0.5) is 0 Å². The van der Waals surface area contributed by atoms with Crippen molar-refractivity contribution in [1.29, 1.82) is 0 Å². The van der Waals surface area contributed by atoms with Gasteiger partial charge in [0.1, 0.15) is 3.70 Å². The van der Waals surface area contributed by atoms with E-state index < -0.39 is 0 Å². The molecule has 0 spiro atoms. The number of para-hydroxylation sites is 1. The second-order valence-electron chi connectivity index (χ2n) is 4.08. The topological polar surface area (TPSA) is 4.93 Å². The summed E-state index contributed by atoms with van der Waals surface area (Å²) in [6.45, 7) is 0. The average Bonchev–Trinajstić information content (AvgIpc) is 2.64. The van der Waals surface area contributed by atoms with Crippen LogP contribution in [0.2, 0.25) is 5.02 Å². The van der Waals surface area contributed by atoms with Gasteiger partial charge in [0.2, 0.25) is 0 Å². The van der Waals surface area contributed by atoms with Crippen LogP contribution in [-0.2, 0) is 0 Å². The lowest BCUT2D eigenvalue weighted by atomic mass is 10.1. The molecule has 1 heterocycles. The van der Waals surface area contributed by atoms with Crippen molar-refractivity contribution in [3.05, 3.63) is 51.2 Å². The van der Waals surface area contributed by atoms with Crippen LogP contribution < -0.4 is 0 Å². The fraction of sp³-hybridized carbons (Fsp3) is 0.143. The standard InChI is InChI=1S/C14H11ClIN/c15-13-11-8-4-5-9-12(11)17(14(13)16)10-6-2-1-3-7-10/h1-2,4-6,8-9H,3,7H2. The maximum atomic E-state index is 6.39. The number of benzene rings is 1. The van der Waals surface area contributed by atoms with E-state index in [0.717, 1.165) is 27.0 Å². The first-order chi connectivity index (χ1) is 8.29. The van der Waals surface area contributed by atoms with Gasteiger partial charge in [-0.05, 0) is 47.6 Å². The molecule has 0 radical (unpaired) electrons. The third-order valence-corrected chi connectivity index (χ3v) is 4.76. The molecule has 0 saturated carbocycles. The largest absolute Gasteiger partial charge is 0.307 e. The zero-order chi connectivity index (χ0) is 11.8. The van der Waals surface area contributed by atoms with Gasteiger partial charge >= 0.3 is 0 Å². The lowest BCUT2D eigenvalue weighted by Crippen LogP contribution is -2.00. The van der Waals surface area contributed by atoms with Crippen LogP contribution >= 0.6 is 34.2 Å². The van der Waals surface area contributed by atoms with Crippen LogP contribution in [0.25, 0.3) is 16.6 Å². The molecular formula is C14H11ClIN. The number of rotatable bonds is 1. The molecule has 86 valence electrons. The molecule has 2 aromatic rings. The summed E-state index contributed by atoms with van der Waals surface area (Å²) < 4.78 is 3.37. The molecule has 1 nitrogen and oxygen atoms in total. The van der Waals surface area contributed by atoms with Gasteiger partial charge < -0.3 is 4.57 Å². The lowest BCUT2D eigenvalue weighted by molar-refractivity contribution is 0.951. The zero-order valence-corrected chi connectivity index (χ0v) is 12.1. The highest BCUT2D eigenvalue weighted by Gasteiger charge is 2.15. The van der Waals surface area contributed by atoms with Gasteiger partial charge in [0.05, 0.1) is 10.5 Å². The molecule has 3 heteroatoms. The Balaban J connectivity index is 2.32. The Kier molecular flexibility index (Phi) is 3.01. The molecule has 0 N–H and O–H groups in total. The maximum Gasteiger partial charge on any atom is 0.104 e. The van der Waals surface area contributed by atoms with E-state index in [1.54, 1.807) is 0 Å². The van der Waals surface area contributed by atoms with E-state index in [4.69, 9.17) is 11.6 Å². The Labute approximate surface area is 119 Å². The van der Waals surface area contributed by atoms with Crippen molar-refractivity contribution >= 4 is 50.8 Å². The third-order valence-electron chi connectivity index (χ3n) is 3.04. The first-order valence-electron chi connectivity index (χ1n) is 5.59. The summed E-state index contributed by atoms with van der Waals surface area (Å²) in [5.74, 6) is 0. The van der Waals surface area contributed by atoms with E-state index in [1.807, 2.05) is 6.07 Å². The molecule has 3 rings (SSSR count). The van der Waals surface area contributed by atoms with Crippen molar-refractivity contribution in [1.82, 2.24) is 4.57 Å². The van der Waals surface area contributed by atoms with Crippen LogP contribution in [0.15, 0.2) is 42.5 Å². The van der Waals surface area contributed by atoms with E-state index in [2.05, 4.69) is 63.6 Å². The summed E-state index contributed by atoms with van der Waals surface area (Å²) >= 11 is 8.72. The van der Waals surface area contributed by atoms with Gasteiger partial charge in [0.15, 0.2) is 0 Å². The van der Waals surface area contributed by atoms with E-state index >= 15 is 0 Å². The summed E-state index contributed by atoms with van der Waals surface area (Å²) in [7, 11) is 0. The van der Waals surface area contributed by atoms with Gasteiger partial charge in [0.25, 0.3) is 0 Å². The minimum absolute atomic E-state index is 0.858. The molecule has 17 heavy (non-hydrogen) atoms. The fourth-order valence-electron chi connectivity index (χ4n) is 2.23. The van der Waals surface area contributed by atoms with Crippen LogP contribution in [0.5, 0.6) is 0 Å². The Hall–Kier alpha value is -0.740. The Bertz CT molecular complexity index is 637. The summed E-state index contributed by atoms with van der Waals surface area (Å²) in [5.41, 5.74) is 2.52. The quantitative estimate of drug-likeness (QED) is 0.628. The highest BCUT2D eigenvalue weighted by Crippen LogP contribution is 2.35. The minimum atomic E-state index is 0.858. The SMILES string of the molecule is Clc1c(I)n(C2=CC=CCC2)c2ccccc12. The zero-order valence-electron chi connectivity index (χ0n) is 9.16. The molecule has 0 bridgehead atoms. The van der Waals surface area contributed by atoms with Crippen molar-refractivity contribution < 1.29 is 0 Å². The third kappa shape index (κ3) is 1.83. The molecule has 0 fully saturated rings. The number of hydrogen-bond acceptors (Lipinski definition) is 0. The average molecular weight is 356 g/mol. The molecule has 0 atom stereocenters. The summed E-state index contributed by atoms with van der Waals surface area (Å²) in [6, 6.07) is 8.30. The fourth-order valence-corrected chi connectivity index (χ4v) is 3.33. The number of nitrogens with zero attached hydrogens (tertiary/aromatic N) is 1. The van der Waals surface area contributed by atoms with Gasteiger partial charge in [0, 0.05) is 11.1 Å². The van der Waals surface area contributed by atoms with Crippen molar-refractivity contribution in [3.63, 3.8) is 0 Å². The Morgan fingerprint density at radius 1 is 1.24 bits per heavy atom. The molecule has 0 aliphatic heterocycles. The first kappa shape index (κ1) is 11.4. The van der Waals surface area contributed by atoms with Gasteiger partial charge in [-0.3, -0.25) is 0 Å². The van der Waals surface area contributed by atoms with Gasteiger partial charge in [-0.25, -0.2) is 0 Å². The highest BCUT2D eigenvalue weighted by atomic mass is 127. The summed E-state index contributed by atoms with van der Waals surface area (Å²) in [4.78, 5) is 0. The normalized spacial score (nSPS) is 15.3. The van der Waals surface area contributed by atoms with Crippen molar-refractivity contribution in [3.8, 4) is 0 Å². The predicted octanol–water partition coefficient (Wildman–Crippen LogP) is 5.09. The van der Waals surface area contributed by atoms with Crippen LogP contribution in [0.3, 0.4) is 0 Å². The second-order valence-corrected chi connectivity index (χ2v) is 5.48. The molecule has 0 amide bonds. The van der Waals surface area contributed by atoms with E-state index in [9.17, 15) is 0 Å². The number of allylic oxidation sites excluding steroid dienone is 4. The molecule has 1 aliphatic rings. The van der Waals surface area contributed by atoms with Crippen molar-refractivity contribution in [2.45, 2.75) is 12.8 Å². The van der Waals surface area contributed by atoms with E-state index in [1.165, 1.54) is 11.2 Å². The van der Waals surface area contributed by atoms with Crippen LogP contribution in [0.1, 0.15) is 12.8 Å². The highest BCUT2D eigenvalue weighted by molar-refractivity contribution is 14.1. The molecular weight excluding hydrogens is 345 g/mol. The minimum Gasteiger partial charge on any atom is -0.307 e. The summed E-state index contributed by atoms with van der Waals surface area (Å²) in [6.07, 6.45) is 8.67. The van der Waals surface area contributed by atoms with Crippen LogP contribution in [-0.4, -0.2) is 4.57 Å². The predicted molar refractivity (Wildman–Crippen MR) is 82.3 cm³/mol. The smallest absolute Gasteiger partial charge is 0.104 e. The Morgan fingerprint density at radius 2 is 2.06 bits per heavy atom. The van der Waals surface area contributed by atoms with Gasteiger partial charge in [-0.15, -0.1) is 0 Å². The second kappa shape index (κ2) is 4.50. The van der Waals surface area contributed by atoms with Crippen LogP contribution in [0, 0.1) is 3.70 Å². The Morgan fingerprint density at radius 3 is 2.82 bits per heavy atom. The van der Waals surface area contributed by atoms with Gasteiger partial charge in [-0.2, -0.15) is 0 Å². The molecule has 1 aliphatic carbocycles. The lowest BCUT2D eigenvalue weighted by Gasteiger charge is -2.13.